The first-order valence-corrected chi connectivity index (χ1v) is 5.60. The van der Waals surface area contributed by atoms with Gasteiger partial charge in [-0.1, -0.05) is 18.2 Å². The van der Waals surface area contributed by atoms with E-state index in [2.05, 4.69) is 16.9 Å². The van der Waals surface area contributed by atoms with E-state index >= 15 is 0 Å². The van der Waals surface area contributed by atoms with Gasteiger partial charge in [-0.05, 0) is 22.4 Å². The summed E-state index contributed by atoms with van der Waals surface area (Å²) in [5.74, 6) is -0.0129. The average Bonchev–Trinajstić information content (AvgIpc) is 2.62. The Bertz CT molecular complexity index is 478. The van der Waals surface area contributed by atoms with E-state index in [1.165, 1.54) is 10.1 Å². The van der Waals surface area contributed by atoms with Gasteiger partial charge in [0.2, 0.25) is 5.91 Å². The Morgan fingerprint density at radius 2 is 2.20 bits per heavy atom. The zero-order valence-corrected chi connectivity index (χ0v) is 9.23. The molecule has 78 valence electrons. The fourth-order valence-corrected chi connectivity index (χ4v) is 2.49. The van der Waals surface area contributed by atoms with Crippen molar-refractivity contribution in [2.24, 2.45) is 0 Å². The Morgan fingerprint density at radius 3 is 3.00 bits per heavy atom. The molecule has 0 unspecified atom stereocenters. The molecule has 0 fully saturated rings. The lowest BCUT2D eigenvalue weighted by molar-refractivity contribution is -0.121. The molecule has 0 radical (unpaired) electrons. The Hall–Kier alpha value is -1.39. The highest BCUT2D eigenvalue weighted by Gasteiger charge is 2.07. The van der Waals surface area contributed by atoms with Crippen molar-refractivity contribution >= 4 is 27.3 Å². The van der Waals surface area contributed by atoms with Crippen molar-refractivity contribution in [3.8, 4) is 0 Å². The normalized spacial score (nSPS) is 10.5. The Morgan fingerprint density at radius 1 is 1.40 bits per heavy atom. The topological polar surface area (TPSA) is 41.1 Å². The van der Waals surface area contributed by atoms with Crippen LogP contribution in [0.1, 0.15) is 5.56 Å². The highest BCUT2D eigenvalue weighted by molar-refractivity contribution is 7.17. The van der Waals surface area contributed by atoms with Gasteiger partial charge in [-0.15, -0.1) is 11.3 Å². The summed E-state index contributed by atoms with van der Waals surface area (Å²) in [6.07, 6.45) is 0.421. The summed E-state index contributed by atoms with van der Waals surface area (Å²) in [6.45, 7) is 0. The zero-order chi connectivity index (χ0) is 10.7. The van der Waals surface area contributed by atoms with E-state index in [1.54, 1.807) is 18.4 Å². The molecule has 0 aliphatic rings. The van der Waals surface area contributed by atoms with Gasteiger partial charge in [-0.2, -0.15) is 0 Å². The molecule has 1 aromatic heterocycles. The molecule has 2 aromatic rings. The third kappa shape index (κ3) is 2.16. The van der Waals surface area contributed by atoms with Crippen molar-refractivity contribution in [3.63, 3.8) is 0 Å². The number of thiophene rings is 1. The minimum atomic E-state index is -0.0129. The number of carbonyl (C=O) groups excluding carboxylic acids is 1. The second-order valence-corrected chi connectivity index (χ2v) is 4.14. The van der Waals surface area contributed by atoms with Crippen molar-refractivity contribution in [2.45, 2.75) is 6.42 Å². The zero-order valence-electron chi connectivity index (χ0n) is 8.41. The van der Waals surface area contributed by atoms with Gasteiger partial charge in [0, 0.05) is 11.7 Å². The molecule has 1 amide bonds. The number of nitrogens with one attached hydrogen (secondary N) is 2. The van der Waals surface area contributed by atoms with Crippen LogP contribution >= 0.6 is 11.3 Å². The fourth-order valence-electron chi connectivity index (χ4n) is 1.53. The number of rotatable bonds is 3. The molecule has 2 rings (SSSR count). The third-order valence-electron chi connectivity index (χ3n) is 2.18. The molecular formula is C11H12N2OS. The third-order valence-corrected chi connectivity index (χ3v) is 3.19. The standard InChI is InChI=1S/C11H12N2OS/c1-12-13-11(14)6-8-7-15-10-5-3-2-4-9(8)10/h2-5,7,12H,6H2,1H3,(H,13,14). The minimum absolute atomic E-state index is 0.0129. The first-order chi connectivity index (χ1) is 7.31. The summed E-state index contributed by atoms with van der Waals surface area (Å²) >= 11 is 1.67. The van der Waals surface area contributed by atoms with Crippen LogP contribution in [-0.2, 0) is 11.2 Å². The van der Waals surface area contributed by atoms with Crippen molar-refractivity contribution in [1.29, 1.82) is 0 Å². The van der Waals surface area contributed by atoms with Crippen molar-refractivity contribution in [2.75, 3.05) is 7.05 Å². The summed E-state index contributed by atoms with van der Waals surface area (Å²) in [7, 11) is 1.68. The van der Waals surface area contributed by atoms with Crippen molar-refractivity contribution in [3.05, 3.63) is 35.2 Å². The minimum Gasteiger partial charge on any atom is -0.292 e. The molecule has 0 saturated heterocycles. The second-order valence-electron chi connectivity index (χ2n) is 3.23. The van der Waals surface area contributed by atoms with Crippen LogP contribution in [0.25, 0.3) is 10.1 Å². The van der Waals surface area contributed by atoms with Gasteiger partial charge >= 0.3 is 0 Å². The van der Waals surface area contributed by atoms with Crippen LogP contribution in [0.4, 0.5) is 0 Å². The molecule has 0 saturated carbocycles. The number of benzene rings is 1. The molecule has 0 spiro atoms. The molecule has 0 bridgehead atoms. The lowest BCUT2D eigenvalue weighted by Gasteiger charge is -2.01. The van der Waals surface area contributed by atoms with Crippen LogP contribution in [0.2, 0.25) is 0 Å². The summed E-state index contributed by atoms with van der Waals surface area (Å²) in [4.78, 5) is 11.4. The number of hydrogen-bond donors (Lipinski definition) is 2. The maximum Gasteiger partial charge on any atom is 0.238 e. The summed E-state index contributed by atoms with van der Waals surface area (Å²) in [5, 5.41) is 3.22. The number of fused-ring (bicyclic) bond motifs is 1. The summed E-state index contributed by atoms with van der Waals surface area (Å²) in [5.41, 5.74) is 6.28. The predicted octanol–water partition coefficient (Wildman–Crippen LogP) is 1.69. The largest absolute Gasteiger partial charge is 0.292 e. The SMILES string of the molecule is CNNC(=O)Cc1csc2ccccc12. The number of hydrazine groups is 1. The van der Waals surface area contributed by atoms with Gasteiger partial charge in [0.1, 0.15) is 0 Å². The lowest BCUT2D eigenvalue weighted by Crippen LogP contribution is -2.35. The Labute approximate surface area is 92.1 Å². The molecular weight excluding hydrogens is 208 g/mol. The van der Waals surface area contributed by atoms with Crippen molar-refractivity contribution in [1.82, 2.24) is 10.9 Å². The maximum atomic E-state index is 11.4. The van der Waals surface area contributed by atoms with Gasteiger partial charge in [0.05, 0.1) is 6.42 Å². The molecule has 2 N–H and O–H groups in total. The molecule has 0 atom stereocenters. The van der Waals surface area contributed by atoms with Gasteiger partial charge in [0.25, 0.3) is 0 Å². The molecule has 4 heteroatoms. The van der Waals surface area contributed by atoms with E-state index in [0.29, 0.717) is 6.42 Å². The highest BCUT2D eigenvalue weighted by atomic mass is 32.1. The van der Waals surface area contributed by atoms with E-state index in [4.69, 9.17) is 0 Å². The Balaban J connectivity index is 2.25. The summed E-state index contributed by atoms with van der Waals surface area (Å²) < 4.78 is 1.23. The van der Waals surface area contributed by atoms with Crippen molar-refractivity contribution < 1.29 is 4.79 Å². The molecule has 0 aliphatic carbocycles. The highest BCUT2D eigenvalue weighted by Crippen LogP contribution is 2.25. The molecule has 0 aliphatic heterocycles. The van der Waals surface area contributed by atoms with Crippen LogP contribution in [0, 0.1) is 0 Å². The van der Waals surface area contributed by atoms with Gasteiger partial charge in [-0.25, -0.2) is 5.43 Å². The van der Waals surface area contributed by atoms with Crippen LogP contribution in [-0.4, -0.2) is 13.0 Å². The monoisotopic (exact) mass is 220 g/mol. The van der Waals surface area contributed by atoms with Crippen LogP contribution in [0.15, 0.2) is 29.6 Å². The van der Waals surface area contributed by atoms with E-state index in [-0.39, 0.29) is 5.91 Å². The van der Waals surface area contributed by atoms with Crippen LogP contribution in [0.5, 0.6) is 0 Å². The van der Waals surface area contributed by atoms with Crippen LogP contribution < -0.4 is 10.9 Å². The fraction of sp³-hybridized carbons (Fsp3) is 0.182. The first kappa shape index (κ1) is 10.1. The number of carbonyl (C=O) groups is 1. The number of amides is 1. The molecule has 1 heterocycles. The smallest absolute Gasteiger partial charge is 0.238 e. The maximum absolute atomic E-state index is 11.4. The molecule has 1 aromatic carbocycles. The summed E-state index contributed by atoms with van der Waals surface area (Å²) in [6, 6.07) is 8.12. The average molecular weight is 220 g/mol. The van der Waals surface area contributed by atoms with E-state index in [1.807, 2.05) is 23.6 Å². The molecule has 3 nitrogen and oxygen atoms in total. The second kappa shape index (κ2) is 4.42. The van der Waals surface area contributed by atoms with Gasteiger partial charge in [0.15, 0.2) is 0 Å². The van der Waals surface area contributed by atoms with E-state index in [0.717, 1.165) is 5.56 Å². The first-order valence-electron chi connectivity index (χ1n) is 4.72. The lowest BCUT2D eigenvalue weighted by atomic mass is 10.1. The van der Waals surface area contributed by atoms with Crippen LogP contribution in [0.3, 0.4) is 0 Å². The van der Waals surface area contributed by atoms with Gasteiger partial charge in [-0.3, -0.25) is 10.2 Å². The Kier molecular flexibility index (Phi) is 2.99. The number of hydrogen-bond acceptors (Lipinski definition) is 3. The molecule has 15 heavy (non-hydrogen) atoms. The quantitative estimate of drug-likeness (QED) is 0.773. The van der Waals surface area contributed by atoms with E-state index in [9.17, 15) is 4.79 Å². The predicted molar refractivity (Wildman–Crippen MR) is 62.7 cm³/mol. The van der Waals surface area contributed by atoms with E-state index < -0.39 is 0 Å². The van der Waals surface area contributed by atoms with Gasteiger partial charge < -0.3 is 0 Å².